The molecule has 0 aromatic heterocycles. The van der Waals surface area contributed by atoms with Crippen molar-refractivity contribution in [1.29, 1.82) is 0 Å². The molecule has 0 aliphatic heterocycles. The van der Waals surface area contributed by atoms with E-state index in [1.54, 1.807) is 0 Å². The summed E-state index contributed by atoms with van der Waals surface area (Å²) in [5.41, 5.74) is 0.336. The molecule has 0 bridgehead atoms. The first-order valence-electron chi connectivity index (χ1n) is 8.23. The number of unbranched alkanes of at least 4 members (excludes halogenated alkanes) is 1. The van der Waals surface area contributed by atoms with Crippen LogP contribution in [0.1, 0.15) is 86.5 Å². The minimum absolute atomic E-state index is 0.336. The molecule has 0 spiro atoms. The van der Waals surface area contributed by atoms with Crippen LogP contribution in [-0.4, -0.2) is 25.2 Å². The third-order valence-corrected chi connectivity index (χ3v) is 3.19. The molecule has 122 valence electrons. The van der Waals surface area contributed by atoms with E-state index in [-0.39, 0.29) is 0 Å². The lowest BCUT2D eigenvalue weighted by atomic mass is 10.0. The lowest BCUT2D eigenvalue weighted by Gasteiger charge is -2.27. The topological polar surface area (TPSA) is 41.5 Å². The largest absolute Gasteiger partial charge is 0.369 e. The van der Waals surface area contributed by atoms with Crippen LogP contribution < -0.4 is 5.32 Å². The van der Waals surface area contributed by atoms with Crippen LogP contribution in [0.3, 0.4) is 0 Å². The maximum atomic E-state index is 8.00. The Labute approximate surface area is 127 Å². The number of rotatable bonds is 4. The summed E-state index contributed by atoms with van der Waals surface area (Å²) >= 11 is 0. The van der Waals surface area contributed by atoms with Gasteiger partial charge in [-0.05, 0) is 26.2 Å². The highest BCUT2D eigenvalue weighted by molar-refractivity contribution is 5.82. The molecule has 0 amide bonds. The molecule has 20 heavy (non-hydrogen) atoms. The maximum absolute atomic E-state index is 8.00. The highest BCUT2D eigenvalue weighted by atomic mass is 16.1. The van der Waals surface area contributed by atoms with Crippen molar-refractivity contribution in [2.75, 3.05) is 7.05 Å². The van der Waals surface area contributed by atoms with E-state index >= 15 is 0 Å². The Morgan fingerprint density at radius 3 is 1.95 bits per heavy atom. The second-order valence-electron chi connectivity index (χ2n) is 4.67. The molecular formula is C17H38N2O. The molecule has 0 radical (unpaired) electrons. The predicted octanol–water partition coefficient (Wildman–Crippen LogP) is 4.99. The average molecular weight is 287 g/mol. The summed E-state index contributed by atoms with van der Waals surface area (Å²) in [6, 6.07) is 0. The monoisotopic (exact) mass is 286 g/mol. The highest BCUT2D eigenvalue weighted by Crippen LogP contribution is 2.29. The SMILES string of the molecule is C=O.CC.CC.CCCCC(=NC)NC1(C)CCCC1. The van der Waals surface area contributed by atoms with Crippen molar-refractivity contribution in [2.24, 2.45) is 4.99 Å². The van der Waals surface area contributed by atoms with Crippen LogP contribution in [0.4, 0.5) is 0 Å². The van der Waals surface area contributed by atoms with E-state index in [9.17, 15) is 0 Å². The van der Waals surface area contributed by atoms with E-state index in [2.05, 4.69) is 24.2 Å². The van der Waals surface area contributed by atoms with Gasteiger partial charge in [0, 0.05) is 19.0 Å². The number of amidine groups is 1. The number of carbonyl (C=O) groups is 1. The minimum atomic E-state index is 0.336. The van der Waals surface area contributed by atoms with Crippen LogP contribution in [-0.2, 0) is 4.79 Å². The van der Waals surface area contributed by atoms with Crippen LogP contribution in [0, 0.1) is 0 Å². The first kappa shape index (κ1) is 24.2. The Hall–Kier alpha value is -0.860. The van der Waals surface area contributed by atoms with E-state index in [1.165, 1.54) is 44.4 Å². The third kappa shape index (κ3) is 12.2. The Bertz CT molecular complexity index is 209. The summed E-state index contributed by atoms with van der Waals surface area (Å²) < 4.78 is 0. The van der Waals surface area contributed by atoms with Gasteiger partial charge in [-0.3, -0.25) is 4.99 Å². The fraction of sp³-hybridized carbons (Fsp3) is 0.882. The second-order valence-corrected chi connectivity index (χ2v) is 4.67. The number of aliphatic imine (C=N–C) groups is 1. The maximum Gasteiger partial charge on any atom is 0.106 e. The average Bonchev–Trinajstić information content (AvgIpc) is 2.96. The highest BCUT2D eigenvalue weighted by Gasteiger charge is 2.28. The summed E-state index contributed by atoms with van der Waals surface area (Å²) in [4.78, 5) is 12.3. The van der Waals surface area contributed by atoms with Gasteiger partial charge < -0.3 is 10.1 Å². The van der Waals surface area contributed by atoms with E-state index in [0.29, 0.717) is 5.54 Å². The Balaban J connectivity index is -0.000000425. The van der Waals surface area contributed by atoms with Gasteiger partial charge in [-0.1, -0.05) is 53.9 Å². The molecule has 0 heterocycles. The van der Waals surface area contributed by atoms with Crippen molar-refractivity contribution in [3.8, 4) is 0 Å². The lowest BCUT2D eigenvalue weighted by Crippen LogP contribution is -2.43. The molecule has 0 aromatic carbocycles. The summed E-state index contributed by atoms with van der Waals surface area (Å²) in [7, 11) is 1.90. The number of hydrogen-bond donors (Lipinski definition) is 1. The van der Waals surface area contributed by atoms with E-state index in [4.69, 9.17) is 4.79 Å². The molecule has 1 fully saturated rings. The summed E-state index contributed by atoms with van der Waals surface area (Å²) in [5.74, 6) is 1.20. The predicted molar refractivity (Wildman–Crippen MR) is 92.7 cm³/mol. The van der Waals surface area contributed by atoms with Crippen molar-refractivity contribution in [3.05, 3.63) is 0 Å². The van der Waals surface area contributed by atoms with Gasteiger partial charge >= 0.3 is 0 Å². The molecule has 1 aliphatic rings. The molecular weight excluding hydrogens is 248 g/mol. The molecule has 0 unspecified atom stereocenters. The lowest BCUT2D eigenvalue weighted by molar-refractivity contribution is -0.0979. The first-order valence-corrected chi connectivity index (χ1v) is 8.23. The molecule has 0 aromatic rings. The third-order valence-electron chi connectivity index (χ3n) is 3.19. The molecule has 0 saturated heterocycles. The zero-order valence-corrected chi connectivity index (χ0v) is 15.0. The molecule has 1 rings (SSSR count). The van der Waals surface area contributed by atoms with Gasteiger partial charge in [-0.25, -0.2) is 0 Å². The van der Waals surface area contributed by atoms with Gasteiger partial charge in [-0.2, -0.15) is 0 Å². The van der Waals surface area contributed by atoms with Crippen molar-refractivity contribution >= 4 is 12.6 Å². The van der Waals surface area contributed by atoms with E-state index < -0.39 is 0 Å². The van der Waals surface area contributed by atoms with Gasteiger partial charge in [0.25, 0.3) is 0 Å². The van der Waals surface area contributed by atoms with Gasteiger partial charge in [0.2, 0.25) is 0 Å². The summed E-state index contributed by atoms with van der Waals surface area (Å²) in [5, 5.41) is 3.63. The fourth-order valence-corrected chi connectivity index (χ4v) is 2.20. The van der Waals surface area contributed by atoms with Crippen molar-refractivity contribution in [2.45, 2.75) is 92.0 Å². The van der Waals surface area contributed by atoms with Crippen molar-refractivity contribution < 1.29 is 4.79 Å². The Kier molecular flexibility index (Phi) is 21.9. The Morgan fingerprint density at radius 1 is 1.15 bits per heavy atom. The second kappa shape index (κ2) is 18.1. The summed E-state index contributed by atoms with van der Waals surface area (Å²) in [6.07, 6.45) is 8.95. The van der Waals surface area contributed by atoms with Crippen LogP contribution in [0.25, 0.3) is 0 Å². The van der Waals surface area contributed by atoms with Gasteiger partial charge in [0.05, 0.1) is 5.84 Å². The molecule has 1 aliphatic carbocycles. The van der Waals surface area contributed by atoms with Gasteiger partial charge in [-0.15, -0.1) is 0 Å². The van der Waals surface area contributed by atoms with Crippen LogP contribution in [0.2, 0.25) is 0 Å². The van der Waals surface area contributed by atoms with Crippen molar-refractivity contribution in [3.63, 3.8) is 0 Å². The van der Waals surface area contributed by atoms with Gasteiger partial charge in [0.1, 0.15) is 6.79 Å². The Morgan fingerprint density at radius 2 is 1.60 bits per heavy atom. The number of nitrogens with one attached hydrogen (secondary N) is 1. The van der Waals surface area contributed by atoms with Crippen LogP contribution >= 0.6 is 0 Å². The smallest absolute Gasteiger partial charge is 0.106 e. The van der Waals surface area contributed by atoms with Gasteiger partial charge in [0.15, 0.2) is 0 Å². The molecule has 1 saturated carbocycles. The summed E-state index contributed by atoms with van der Waals surface area (Å²) in [6.45, 7) is 14.6. The number of hydrogen-bond acceptors (Lipinski definition) is 2. The number of nitrogens with zero attached hydrogens (tertiary/aromatic N) is 1. The van der Waals surface area contributed by atoms with Crippen LogP contribution in [0.5, 0.6) is 0 Å². The molecule has 3 heteroatoms. The standard InChI is InChI=1S/C12H24N2.2C2H6.CH2O/c1-4-5-8-11(13-3)14-12(2)9-6-7-10-12;3*1-2/h4-10H2,1-3H3,(H,13,14);2*1-2H3;1H2. The zero-order valence-electron chi connectivity index (χ0n) is 15.0. The molecule has 3 nitrogen and oxygen atoms in total. The van der Waals surface area contributed by atoms with Crippen molar-refractivity contribution in [1.82, 2.24) is 5.32 Å². The first-order chi connectivity index (χ1) is 9.70. The van der Waals surface area contributed by atoms with E-state index in [0.717, 1.165) is 6.42 Å². The van der Waals surface area contributed by atoms with E-state index in [1.807, 2.05) is 41.5 Å². The molecule has 1 N–H and O–H groups in total. The quantitative estimate of drug-likeness (QED) is 0.584. The fourth-order valence-electron chi connectivity index (χ4n) is 2.20. The zero-order chi connectivity index (χ0) is 16.4. The molecule has 0 atom stereocenters. The minimum Gasteiger partial charge on any atom is -0.369 e. The number of carbonyl (C=O) groups excluding carboxylic acids is 1. The normalized spacial score (nSPS) is 15.7. The van der Waals surface area contributed by atoms with Crippen LogP contribution in [0.15, 0.2) is 4.99 Å².